The van der Waals surface area contributed by atoms with Gasteiger partial charge in [0.1, 0.15) is 0 Å². The summed E-state index contributed by atoms with van der Waals surface area (Å²) in [5.41, 5.74) is -0.236. The van der Waals surface area contributed by atoms with Gasteiger partial charge >= 0.3 is 0 Å². The third-order valence-electron chi connectivity index (χ3n) is 4.14. The van der Waals surface area contributed by atoms with Gasteiger partial charge in [-0.25, -0.2) is 4.98 Å². The predicted molar refractivity (Wildman–Crippen MR) is 92.3 cm³/mol. The molecule has 0 spiro atoms. The smallest absolute Gasteiger partial charge is 0.237 e. The summed E-state index contributed by atoms with van der Waals surface area (Å²) in [5, 5.41) is 5.81. The van der Waals surface area contributed by atoms with Gasteiger partial charge in [0.05, 0.1) is 12.2 Å². The monoisotopic (exact) mass is 333 g/mol. The van der Waals surface area contributed by atoms with Crippen LogP contribution in [0.15, 0.2) is 18.6 Å². The van der Waals surface area contributed by atoms with Gasteiger partial charge in [0.25, 0.3) is 0 Å². The van der Waals surface area contributed by atoms with Crippen molar-refractivity contribution < 1.29 is 9.59 Å². The van der Waals surface area contributed by atoms with Crippen molar-refractivity contribution in [2.24, 2.45) is 5.92 Å². The number of anilines is 1. The summed E-state index contributed by atoms with van der Waals surface area (Å²) in [6.45, 7) is 9.30. The summed E-state index contributed by atoms with van der Waals surface area (Å²) in [7, 11) is 0. The van der Waals surface area contributed by atoms with Gasteiger partial charge in [-0.3, -0.25) is 19.5 Å². The Balaban J connectivity index is 1.82. The average Bonchev–Trinajstić information content (AvgIpc) is 2.53. The second kappa shape index (κ2) is 7.70. The number of carbonyl (C=O) groups is 2. The number of nitrogens with zero attached hydrogens (tertiary/aromatic N) is 3. The molecule has 1 aliphatic rings. The second-order valence-electron chi connectivity index (χ2n) is 7.31. The van der Waals surface area contributed by atoms with Gasteiger partial charge in [-0.1, -0.05) is 0 Å². The van der Waals surface area contributed by atoms with E-state index in [1.165, 1.54) is 6.20 Å². The minimum Gasteiger partial charge on any atom is -0.350 e. The van der Waals surface area contributed by atoms with Crippen LogP contribution in [0.4, 0.5) is 5.82 Å². The molecule has 1 atom stereocenters. The molecular formula is C17H27N5O2. The molecule has 0 aliphatic carbocycles. The number of carbonyl (C=O) groups excluding carboxylic acids is 2. The Labute approximate surface area is 143 Å². The summed E-state index contributed by atoms with van der Waals surface area (Å²) in [5.74, 6) is 0.427. The zero-order valence-electron chi connectivity index (χ0n) is 14.9. The fourth-order valence-corrected chi connectivity index (χ4v) is 2.78. The molecule has 0 unspecified atom stereocenters. The molecule has 24 heavy (non-hydrogen) atoms. The van der Waals surface area contributed by atoms with E-state index >= 15 is 0 Å². The van der Waals surface area contributed by atoms with Crippen LogP contribution in [0.2, 0.25) is 0 Å². The summed E-state index contributed by atoms with van der Waals surface area (Å²) in [4.78, 5) is 34.7. The number of hydrogen-bond donors (Lipinski definition) is 2. The van der Waals surface area contributed by atoms with Gasteiger partial charge in [0.2, 0.25) is 11.8 Å². The number of likely N-dealkylation sites (tertiary alicyclic amines) is 1. The number of hydrogen-bond acceptors (Lipinski definition) is 5. The van der Waals surface area contributed by atoms with Crippen LogP contribution in [0.5, 0.6) is 0 Å². The Morgan fingerprint density at radius 2 is 1.92 bits per heavy atom. The third kappa shape index (κ3) is 5.26. The maximum absolute atomic E-state index is 12.3. The van der Waals surface area contributed by atoms with E-state index in [4.69, 9.17) is 0 Å². The van der Waals surface area contributed by atoms with Crippen molar-refractivity contribution in [2.75, 3.05) is 18.4 Å². The van der Waals surface area contributed by atoms with E-state index < -0.39 is 0 Å². The summed E-state index contributed by atoms with van der Waals surface area (Å²) >= 11 is 0. The highest BCUT2D eigenvalue weighted by molar-refractivity contribution is 5.91. The summed E-state index contributed by atoms with van der Waals surface area (Å²) < 4.78 is 0. The Bertz CT molecular complexity index is 562. The minimum absolute atomic E-state index is 0.0260. The lowest BCUT2D eigenvalue weighted by atomic mass is 9.94. The molecule has 7 heteroatoms. The van der Waals surface area contributed by atoms with Crippen molar-refractivity contribution in [3.8, 4) is 0 Å². The lowest BCUT2D eigenvalue weighted by Gasteiger charge is -2.36. The molecule has 7 nitrogen and oxygen atoms in total. The van der Waals surface area contributed by atoms with E-state index in [0.717, 1.165) is 25.9 Å². The molecule has 0 bridgehead atoms. The maximum Gasteiger partial charge on any atom is 0.237 e. The van der Waals surface area contributed by atoms with Crippen molar-refractivity contribution in [3.63, 3.8) is 0 Å². The number of piperidine rings is 1. The molecular weight excluding hydrogens is 306 g/mol. The first kappa shape index (κ1) is 18.3. The van der Waals surface area contributed by atoms with E-state index in [9.17, 15) is 9.59 Å². The van der Waals surface area contributed by atoms with E-state index in [0.29, 0.717) is 5.82 Å². The Morgan fingerprint density at radius 1 is 1.25 bits per heavy atom. The topological polar surface area (TPSA) is 87.2 Å². The van der Waals surface area contributed by atoms with Crippen LogP contribution in [-0.4, -0.2) is 51.4 Å². The zero-order valence-corrected chi connectivity index (χ0v) is 14.9. The number of rotatable bonds is 4. The van der Waals surface area contributed by atoms with Crippen LogP contribution < -0.4 is 10.6 Å². The highest BCUT2D eigenvalue weighted by atomic mass is 16.2. The van der Waals surface area contributed by atoms with E-state index in [-0.39, 0.29) is 29.3 Å². The van der Waals surface area contributed by atoms with Gasteiger partial charge in [-0.2, -0.15) is 0 Å². The lowest BCUT2D eigenvalue weighted by molar-refractivity contribution is -0.128. The molecule has 1 aliphatic heterocycles. The van der Waals surface area contributed by atoms with Crippen molar-refractivity contribution >= 4 is 17.6 Å². The van der Waals surface area contributed by atoms with Gasteiger partial charge in [0.15, 0.2) is 5.82 Å². The van der Waals surface area contributed by atoms with Crippen molar-refractivity contribution in [2.45, 2.75) is 52.1 Å². The number of amides is 2. The van der Waals surface area contributed by atoms with Gasteiger partial charge in [-0.05, 0) is 53.6 Å². The first-order valence-electron chi connectivity index (χ1n) is 8.39. The molecule has 1 aromatic rings. The SMILES string of the molecule is C[C@H](C(=O)NC(C)(C)C)N1CCC(C(=O)Nc2cnccn2)CC1. The van der Waals surface area contributed by atoms with Crippen molar-refractivity contribution in [1.29, 1.82) is 0 Å². The van der Waals surface area contributed by atoms with Crippen LogP contribution in [0.3, 0.4) is 0 Å². The Morgan fingerprint density at radius 3 is 2.46 bits per heavy atom. The van der Waals surface area contributed by atoms with E-state index in [1.807, 2.05) is 27.7 Å². The Kier molecular flexibility index (Phi) is 5.88. The first-order chi connectivity index (χ1) is 11.3. The zero-order chi connectivity index (χ0) is 17.7. The minimum atomic E-state index is -0.236. The van der Waals surface area contributed by atoms with E-state index in [1.54, 1.807) is 12.4 Å². The lowest BCUT2D eigenvalue weighted by Crippen LogP contribution is -2.53. The predicted octanol–water partition coefficient (Wildman–Crippen LogP) is 1.43. The quantitative estimate of drug-likeness (QED) is 0.870. The molecule has 132 valence electrons. The maximum atomic E-state index is 12.3. The molecule has 0 saturated carbocycles. The third-order valence-corrected chi connectivity index (χ3v) is 4.14. The number of aromatic nitrogens is 2. The molecule has 0 aromatic carbocycles. The van der Waals surface area contributed by atoms with Crippen molar-refractivity contribution in [3.05, 3.63) is 18.6 Å². The molecule has 2 heterocycles. The van der Waals surface area contributed by atoms with Crippen LogP contribution in [0, 0.1) is 5.92 Å². The normalized spacial score (nSPS) is 18.0. The average molecular weight is 333 g/mol. The standard InChI is InChI=1S/C17H27N5O2/c1-12(15(23)21-17(2,3)4)22-9-5-13(6-10-22)16(24)20-14-11-18-7-8-19-14/h7-8,11-13H,5-6,9-10H2,1-4H3,(H,21,23)(H,19,20,24)/t12-/m1/s1. The highest BCUT2D eigenvalue weighted by Gasteiger charge is 2.30. The fourth-order valence-electron chi connectivity index (χ4n) is 2.78. The highest BCUT2D eigenvalue weighted by Crippen LogP contribution is 2.20. The van der Waals surface area contributed by atoms with Gasteiger partial charge < -0.3 is 10.6 Å². The molecule has 2 N–H and O–H groups in total. The second-order valence-corrected chi connectivity index (χ2v) is 7.31. The largest absolute Gasteiger partial charge is 0.350 e. The molecule has 2 rings (SSSR count). The Hall–Kier alpha value is -2.02. The van der Waals surface area contributed by atoms with Crippen LogP contribution >= 0.6 is 0 Å². The molecule has 1 saturated heterocycles. The van der Waals surface area contributed by atoms with Crippen LogP contribution in [-0.2, 0) is 9.59 Å². The summed E-state index contributed by atoms with van der Waals surface area (Å²) in [6.07, 6.45) is 6.12. The fraction of sp³-hybridized carbons (Fsp3) is 0.647. The van der Waals surface area contributed by atoms with Gasteiger partial charge in [-0.15, -0.1) is 0 Å². The van der Waals surface area contributed by atoms with Crippen LogP contribution in [0.25, 0.3) is 0 Å². The number of nitrogens with one attached hydrogen (secondary N) is 2. The molecule has 1 aromatic heterocycles. The first-order valence-corrected chi connectivity index (χ1v) is 8.39. The molecule has 2 amide bonds. The molecule has 1 fully saturated rings. The molecule has 0 radical (unpaired) electrons. The van der Waals surface area contributed by atoms with Crippen LogP contribution in [0.1, 0.15) is 40.5 Å². The van der Waals surface area contributed by atoms with Gasteiger partial charge in [0, 0.05) is 23.9 Å². The van der Waals surface area contributed by atoms with Crippen molar-refractivity contribution in [1.82, 2.24) is 20.2 Å². The van der Waals surface area contributed by atoms with E-state index in [2.05, 4.69) is 25.5 Å². The summed E-state index contributed by atoms with van der Waals surface area (Å²) in [6, 6.07) is -0.187.